The zero-order valence-electron chi connectivity index (χ0n) is 11.3. The number of rotatable bonds is 4. The number of hydrogen-bond donors (Lipinski definition) is 1. The molecule has 3 aromatic rings. The lowest BCUT2D eigenvalue weighted by molar-refractivity contribution is -0.134. The van der Waals surface area contributed by atoms with Gasteiger partial charge in [-0.2, -0.15) is 0 Å². The minimum atomic E-state index is -0.530. The highest BCUT2D eigenvalue weighted by Gasteiger charge is 2.10. The van der Waals surface area contributed by atoms with E-state index in [1.165, 1.54) is 12.1 Å². The molecule has 0 saturated carbocycles. The first-order valence-electron chi connectivity index (χ1n) is 6.74. The molecule has 0 aliphatic carbocycles. The SMILES string of the molecule is O=C(CCc1c[nH]c2ccccc12)Oc1ccccc1F. The van der Waals surface area contributed by atoms with Gasteiger partial charge in [0.2, 0.25) is 0 Å². The van der Waals surface area contributed by atoms with E-state index in [9.17, 15) is 9.18 Å². The van der Waals surface area contributed by atoms with Crippen LogP contribution in [0.15, 0.2) is 54.7 Å². The molecular weight excluding hydrogens is 269 g/mol. The summed E-state index contributed by atoms with van der Waals surface area (Å²) in [4.78, 5) is 15.0. The monoisotopic (exact) mass is 283 g/mol. The average Bonchev–Trinajstić information content (AvgIpc) is 2.91. The largest absolute Gasteiger partial charge is 0.423 e. The van der Waals surface area contributed by atoms with Crippen molar-refractivity contribution in [3.05, 3.63) is 66.1 Å². The van der Waals surface area contributed by atoms with E-state index >= 15 is 0 Å². The Hall–Kier alpha value is -2.62. The Kier molecular flexibility index (Phi) is 3.69. The van der Waals surface area contributed by atoms with Gasteiger partial charge >= 0.3 is 5.97 Å². The summed E-state index contributed by atoms with van der Waals surface area (Å²) in [6, 6.07) is 13.8. The van der Waals surface area contributed by atoms with Crippen molar-refractivity contribution in [2.45, 2.75) is 12.8 Å². The zero-order valence-corrected chi connectivity index (χ0v) is 11.3. The molecule has 1 N–H and O–H groups in total. The highest BCUT2D eigenvalue weighted by molar-refractivity contribution is 5.83. The molecule has 0 amide bonds. The second kappa shape index (κ2) is 5.79. The first-order valence-corrected chi connectivity index (χ1v) is 6.74. The first-order chi connectivity index (χ1) is 10.2. The van der Waals surface area contributed by atoms with E-state index in [4.69, 9.17) is 4.74 Å². The second-order valence-electron chi connectivity index (χ2n) is 4.76. The first kappa shape index (κ1) is 13.4. The molecule has 1 heterocycles. The third-order valence-corrected chi connectivity index (χ3v) is 3.33. The lowest BCUT2D eigenvalue weighted by Gasteiger charge is -2.04. The molecule has 0 aliphatic heterocycles. The number of aromatic nitrogens is 1. The lowest BCUT2D eigenvalue weighted by Crippen LogP contribution is -2.09. The van der Waals surface area contributed by atoms with Gasteiger partial charge in [-0.05, 0) is 30.2 Å². The highest BCUT2D eigenvalue weighted by Crippen LogP contribution is 2.20. The van der Waals surface area contributed by atoms with Crippen LogP contribution < -0.4 is 4.74 Å². The molecule has 21 heavy (non-hydrogen) atoms. The predicted octanol–water partition coefficient (Wildman–Crippen LogP) is 3.85. The molecule has 0 spiro atoms. The van der Waals surface area contributed by atoms with Crippen molar-refractivity contribution in [3.63, 3.8) is 0 Å². The van der Waals surface area contributed by atoms with Crippen LogP contribution in [0, 0.1) is 5.82 Å². The Balaban J connectivity index is 1.65. The summed E-state index contributed by atoms with van der Waals surface area (Å²) in [6.45, 7) is 0. The molecule has 3 rings (SSSR count). The maximum absolute atomic E-state index is 13.4. The smallest absolute Gasteiger partial charge is 0.311 e. The summed E-state index contributed by atoms with van der Waals surface area (Å²) >= 11 is 0. The third-order valence-electron chi connectivity index (χ3n) is 3.33. The maximum Gasteiger partial charge on any atom is 0.311 e. The molecule has 4 heteroatoms. The molecule has 0 atom stereocenters. The van der Waals surface area contributed by atoms with Crippen molar-refractivity contribution in [2.75, 3.05) is 0 Å². The van der Waals surface area contributed by atoms with Crippen LogP contribution in [-0.2, 0) is 11.2 Å². The minimum absolute atomic E-state index is 0.0265. The van der Waals surface area contributed by atoms with Crippen molar-refractivity contribution in [2.24, 2.45) is 0 Å². The normalized spacial score (nSPS) is 10.7. The molecule has 0 fully saturated rings. The number of fused-ring (bicyclic) bond motifs is 1. The van der Waals surface area contributed by atoms with E-state index in [2.05, 4.69) is 4.98 Å². The van der Waals surface area contributed by atoms with Gasteiger partial charge in [0.05, 0.1) is 6.42 Å². The standard InChI is InChI=1S/C17H14FNO2/c18-14-6-2-4-8-16(14)21-17(20)10-9-12-11-19-15-7-3-1-5-13(12)15/h1-8,11,19H,9-10H2. The van der Waals surface area contributed by atoms with Gasteiger partial charge in [0.1, 0.15) is 0 Å². The summed E-state index contributed by atoms with van der Waals surface area (Å²) in [6.07, 6.45) is 2.65. The molecule has 1 aromatic heterocycles. The van der Waals surface area contributed by atoms with E-state index < -0.39 is 11.8 Å². The number of para-hydroxylation sites is 2. The number of benzene rings is 2. The Labute approximate surface area is 121 Å². The van der Waals surface area contributed by atoms with Crippen molar-refractivity contribution in [3.8, 4) is 5.75 Å². The number of H-pyrrole nitrogens is 1. The molecule has 0 radical (unpaired) electrons. The quantitative estimate of drug-likeness (QED) is 0.584. The molecule has 2 aromatic carbocycles. The number of esters is 1. The van der Waals surface area contributed by atoms with E-state index in [0.717, 1.165) is 16.5 Å². The summed E-state index contributed by atoms with van der Waals surface area (Å²) in [5.74, 6) is -0.996. The Morgan fingerprint density at radius 1 is 1.10 bits per heavy atom. The van der Waals surface area contributed by atoms with Crippen LogP contribution in [0.4, 0.5) is 4.39 Å². The molecule has 3 nitrogen and oxygen atoms in total. The summed E-state index contributed by atoms with van der Waals surface area (Å²) in [5, 5.41) is 1.09. The summed E-state index contributed by atoms with van der Waals surface area (Å²) in [5.41, 5.74) is 2.09. The zero-order chi connectivity index (χ0) is 14.7. The molecular formula is C17H14FNO2. The number of aryl methyl sites for hydroxylation is 1. The number of nitrogens with one attached hydrogen (secondary N) is 1. The fourth-order valence-corrected chi connectivity index (χ4v) is 2.28. The van der Waals surface area contributed by atoms with Crippen LogP contribution in [0.5, 0.6) is 5.75 Å². The van der Waals surface area contributed by atoms with Gasteiger partial charge in [-0.15, -0.1) is 0 Å². The number of ether oxygens (including phenoxy) is 1. The number of carbonyl (C=O) groups is 1. The second-order valence-corrected chi connectivity index (χ2v) is 4.76. The summed E-state index contributed by atoms with van der Waals surface area (Å²) < 4.78 is 18.4. The third kappa shape index (κ3) is 2.94. The molecule has 0 bridgehead atoms. The van der Waals surface area contributed by atoms with Crippen LogP contribution >= 0.6 is 0 Å². The average molecular weight is 283 g/mol. The predicted molar refractivity (Wildman–Crippen MR) is 78.7 cm³/mol. The fraction of sp³-hybridized carbons (Fsp3) is 0.118. The topological polar surface area (TPSA) is 42.1 Å². The summed E-state index contributed by atoms with van der Waals surface area (Å²) in [7, 11) is 0. The number of halogens is 1. The van der Waals surface area contributed by atoms with Crippen molar-refractivity contribution in [1.82, 2.24) is 4.98 Å². The number of carbonyl (C=O) groups excluding carboxylic acids is 1. The van der Waals surface area contributed by atoms with Crippen LogP contribution in [0.3, 0.4) is 0 Å². The van der Waals surface area contributed by atoms with E-state index in [1.807, 2.05) is 30.5 Å². The van der Waals surface area contributed by atoms with Gasteiger partial charge in [0.25, 0.3) is 0 Å². The number of hydrogen-bond acceptors (Lipinski definition) is 2. The highest BCUT2D eigenvalue weighted by atomic mass is 19.1. The van der Waals surface area contributed by atoms with Gasteiger partial charge in [-0.3, -0.25) is 4.79 Å². The van der Waals surface area contributed by atoms with Crippen molar-refractivity contribution >= 4 is 16.9 Å². The van der Waals surface area contributed by atoms with Gasteiger partial charge in [0, 0.05) is 17.1 Å². The Morgan fingerprint density at radius 2 is 1.86 bits per heavy atom. The lowest BCUT2D eigenvalue weighted by atomic mass is 10.1. The van der Waals surface area contributed by atoms with Crippen LogP contribution in [-0.4, -0.2) is 11.0 Å². The minimum Gasteiger partial charge on any atom is -0.423 e. The van der Waals surface area contributed by atoms with Gasteiger partial charge in [-0.1, -0.05) is 30.3 Å². The Bertz CT molecular complexity index is 779. The van der Waals surface area contributed by atoms with Crippen LogP contribution in [0.25, 0.3) is 10.9 Å². The molecule has 0 unspecified atom stereocenters. The van der Waals surface area contributed by atoms with Gasteiger partial charge in [-0.25, -0.2) is 4.39 Å². The van der Waals surface area contributed by atoms with E-state index in [-0.39, 0.29) is 12.2 Å². The molecule has 0 saturated heterocycles. The maximum atomic E-state index is 13.4. The van der Waals surface area contributed by atoms with Gasteiger partial charge < -0.3 is 9.72 Å². The van der Waals surface area contributed by atoms with Gasteiger partial charge in [0.15, 0.2) is 11.6 Å². The number of aromatic amines is 1. The van der Waals surface area contributed by atoms with Crippen LogP contribution in [0.2, 0.25) is 0 Å². The molecule has 0 aliphatic rings. The fourth-order valence-electron chi connectivity index (χ4n) is 2.28. The van der Waals surface area contributed by atoms with Crippen LogP contribution in [0.1, 0.15) is 12.0 Å². The van der Waals surface area contributed by atoms with Crippen molar-refractivity contribution in [1.29, 1.82) is 0 Å². The molecule has 106 valence electrons. The van der Waals surface area contributed by atoms with E-state index in [0.29, 0.717) is 6.42 Å². The van der Waals surface area contributed by atoms with E-state index in [1.54, 1.807) is 12.1 Å². The Morgan fingerprint density at radius 3 is 2.71 bits per heavy atom. The van der Waals surface area contributed by atoms with Crippen molar-refractivity contribution < 1.29 is 13.9 Å².